The van der Waals surface area contributed by atoms with Gasteiger partial charge in [0.15, 0.2) is 0 Å². The van der Waals surface area contributed by atoms with Crippen molar-refractivity contribution >= 4 is 11.6 Å². The van der Waals surface area contributed by atoms with Gasteiger partial charge in [0, 0.05) is 30.2 Å². The fourth-order valence-electron chi connectivity index (χ4n) is 2.57. The summed E-state index contributed by atoms with van der Waals surface area (Å²) in [7, 11) is 0. The van der Waals surface area contributed by atoms with Gasteiger partial charge in [-0.2, -0.15) is 0 Å². The molecule has 0 aromatic heterocycles. The summed E-state index contributed by atoms with van der Waals surface area (Å²) in [5.74, 6) is -0.272. The van der Waals surface area contributed by atoms with Crippen molar-refractivity contribution in [3.8, 4) is 0 Å². The van der Waals surface area contributed by atoms with Crippen LogP contribution >= 0.6 is 11.6 Å². The Morgan fingerprint density at radius 1 is 1.47 bits per heavy atom. The molecule has 2 nitrogen and oxygen atoms in total. The van der Waals surface area contributed by atoms with E-state index in [1.807, 2.05) is 0 Å². The number of halogens is 2. The van der Waals surface area contributed by atoms with Crippen molar-refractivity contribution in [1.82, 2.24) is 10.2 Å². The summed E-state index contributed by atoms with van der Waals surface area (Å²) in [5, 5.41) is 4.09. The molecule has 1 aliphatic rings. The molecule has 1 fully saturated rings. The molecule has 1 aromatic carbocycles. The minimum absolute atomic E-state index is 0.272. The Morgan fingerprint density at radius 3 is 2.95 bits per heavy atom. The van der Waals surface area contributed by atoms with E-state index in [0.717, 1.165) is 38.0 Å². The Kier molecular flexibility index (Phi) is 5.20. The Morgan fingerprint density at radius 2 is 2.26 bits per heavy atom. The van der Waals surface area contributed by atoms with Crippen LogP contribution in [0.4, 0.5) is 4.39 Å². The van der Waals surface area contributed by atoms with Crippen molar-refractivity contribution in [1.29, 1.82) is 0 Å². The van der Waals surface area contributed by atoms with Crippen LogP contribution in [0.5, 0.6) is 0 Å². The second kappa shape index (κ2) is 6.69. The van der Waals surface area contributed by atoms with Crippen LogP contribution in [0.1, 0.15) is 32.3 Å². The van der Waals surface area contributed by atoms with Crippen molar-refractivity contribution in [2.24, 2.45) is 0 Å². The van der Waals surface area contributed by atoms with Crippen molar-refractivity contribution in [2.75, 3.05) is 13.1 Å². The zero-order chi connectivity index (χ0) is 13.8. The molecule has 0 aliphatic carbocycles. The fraction of sp³-hybridized carbons (Fsp3) is 0.600. The number of nitrogens with one attached hydrogen (secondary N) is 1. The number of hydrogen-bond acceptors (Lipinski definition) is 2. The number of nitrogens with zero attached hydrogens (tertiary/aromatic N) is 1. The normalized spacial score (nSPS) is 25.3. The zero-order valence-corrected chi connectivity index (χ0v) is 12.4. The van der Waals surface area contributed by atoms with Gasteiger partial charge in [-0.05, 0) is 44.0 Å². The van der Waals surface area contributed by atoms with E-state index in [0.29, 0.717) is 17.1 Å². The number of hydrogen-bond donors (Lipinski definition) is 1. The quantitative estimate of drug-likeness (QED) is 0.915. The van der Waals surface area contributed by atoms with Gasteiger partial charge in [-0.15, -0.1) is 0 Å². The molecule has 2 atom stereocenters. The maximum Gasteiger partial charge on any atom is 0.124 e. The molecule has 2 unspecified atom stereocenters. The van der Waals surface area contributed by atoms with Crippen molar-refractivity contribution in [3.63, 3.8) is 0 Å². The smallest absolute Gasteiger partial charge is 0.124 e. The molecular weight excluding hydrogens is 263 g/mol. The van der Waals surface area contributed by atoms with Crippen molar-refractivity contribution in [3.05, 3.63) is 34.6 Å². The third-order valence-electron chi connectivity index (χ3n) is 3.95. The highest BCUT2D eigenvalue weighted by atomic mass is 35.5. The van der Waals surface area contributed by atoms with Gasteiger partial charge in [-0.1, -0.05) is 24.6 Å². The lowest BCUT2D eigenvalue weighted by molar-refractivity contribution is 0.194. The highest BCUT2D eigenvalue weighted by molar-refractivity contribution is 6.31. The predicted molar refractivity (Wildman–Crippen MR) is 78.0 cm³/mol. The average Bonchev–Trinajstić information content (AvgIpc) is 2.55. The summed E-state index contributed by atoms with van der Waals surface area (Å²) in [6.45, 7) is 7.32. The standard InChI is InChI=1S/C15H22ClFN2/c1-3-14-10-19(11(2)6-7-18-14)9-12-4-5-13(17)8-15(12)16/h4-5,8,11,14,18H,3,6-7,9-10H2,1-2H3. The molecule has 0 spiro atoms. The maximum atomic E-state index is 13.1. The summed E-state index contributed by atoms with van der Waals surface area (Å²) < 4.78 is 13.1. The Hall–Kier alpha value is -0.640. The summed E-state index contributed by atoms with van der Waals surface area (Å²) in [5.41, 5.74) is 1.01. The topological polar surface area (TPSA) is 15.3 Å². The molecule has 19 heavy (non-hydrogen) atoms. The Bertz CT molecular complexity index is 425. The monoisotopic (exact) mass is 284 g/mol. The molecule has 1 aliphatic heterocycles. The van der Waals surface area contributed by atoms with Crippen LogP contribution in [0.2, 0.25) is 5.02 Å². The van der Waals surface area contributed by atoms with Gasteiger partial charge >= 0.3 is 0 Å². The highest BCUT2D eigenvalue weighted by Crippen LogP contribution is 2.21. The average molecular weight is 285 g/mol. The van der Waals surface area contributed by atoms with E-state index >= 15 is 0 Å². The largest absolute Gasteiger partial charge is 0.313 e. The SMILES string of the molecule is CCC1CN(Cc2ccc(F)cc2Cl)C(C)CCN1. The molecule has 1 saturated heterocycles. The molecular formula is C15H22ClFN2. The van der Waals surface area contributed by atoms with Gasteiger partial charge in [-0.25, -0.2) is 4.39 Å². The van der Waals surface area contributed by atoms with Gasteiger partial charge in [0.1, 0.15) is 5.82 Å². The van der Waals surface area contributed by atoms with Crippen LogP contribution in [0.25, 0.3) is 0 Å². The van der Waals surface area contributed by atoms with Gasteiger partial charge in [0.05, 0.1) is 0 Å². The Labute approximate surface area is 119 Å². The van der Waals surface area contributed by atoms with E-state index in [1.165, 1.54) is 12.1 Å². The fourth-order valence-corrected chi connectivity index (χ4v) is 2.80. The summed E-state index contributed by atoms with van der Waals surface area (Å²) >= 11 is 6.13. The molecule has 1 heterocycles. The number of rotatable bonds is 3. The predicted octanol–water partition coefficient (Wildman–Crippen LogP) is 3.44. The zero-order valence-electron chi connectivity index (χ0n) is 11.6. The lowest BCUT2D eigenvalue weighted by atomic mass is 10.1. The molecule has 106 valence electrons. The van der Waals surface area contributed by atoms with Crippen LogP contribution in [-0.2, 0) is 6.54 Å². The summed E-state index contributed by atoms with van der Waals surface area (Å²) in [6, 6.07) is 5.73. The molecule has 1 N–H and O–H groups in total. The van der Waals surface area contributed by atoms with Crippen LogP contribution < -0.4 is 5.32 Å². The second-order valence-electron chi connectivity index (χ2n) is 5.36. The molecule has 0 amide bonds. The van der Waals surface area contributed by atoms with E-state index in [4.69, 9.17) is 11.6 Å². The molecule has 0 saturated carbocycles. The van der Waals surface area contributed by atoms with Crippen LogP contribution in [0.3, 0.4) is 0 Å². The molecule has 0 radical (unpaired) electrons. The number of benzene rings is 1. The third kappa shape index (κ3) is 3.91. The van der Waals surface area contributed by atoms with Crippen LogP contribution in [-0.4, -0.2) is 30.1 Å². The minimum atomic E-state index is -0.272. The van der Waals surface area contributed by atoms with Crippen LogP contribution in [0, 0.1) is 5.82 Å². The van der Waals surface area contributed by atoms with E-state index in [2.05, 4.69) is 24.1 Å². The van der Waals surface area contributed by atoms with E-state index in [9.17, 15) is 4.39 Å². The molecule has 2 rings (SSSR count). The Balaban J connectivity index is 2.10. The maximum absolute atomic E-state index is 13.1. The van der Waals surface area contributed by atoms with Gasteiger partial charge in [0.2, 0.25) is 0 Å². The van der Waals surface area contributed by atoms with Crippen molar-refractivity contribution < 1.29 is 4.39 Å². The minimum Gasteiger partial charge on any atom is -0.313 e. The summed E-state index contributed by atoms with van der Waals surface area (Å²) in [4.78, 5) is 2.44. The second-order valence-corrected chi connectivity index (χ2v) is 5.77. The summed E-state index contributed by atoms with van der Waals surface area (Å²) in [6.07, 6.45) is 2.26. The first kappa shape index (κ1) is 14.8. The molecule has 1 aromatic rings. The molecule has 4 heteroatoms. The first-order chi connectivity index (χ1) is 9.10. The highest BCUT2D eigenvalue weighted by Gasteiger charge is 2.22. The van der Waals surface area contributed by atoms with Crippen molar-refractivity contribution in [2.45, 2.75) is 45.3 Å². The third-order valence-corrected chi connectivity index (χ3v) is 4.31. The lowest BCUT2D eigenvalue weighted by Crippen LogP contribution is -2.39. The first-order valence-electron chi connectivity index (χ1n) is 7.01. The lowest BCUT2D eigenvalue weighted by Gasteiger charge is -2.29. The van der Waals surface area contributed by atoms with Gasteiger partial charge in [-0.3, -0.25) is 4.90 Å². The van der Waals surface area contributed by atoms with E-state index in [1.54, 1.807) is 6.07 Å². The van der Waals surface area contributed by atoms with Gasteiger partial charge < -0.3 is 5.32 Å². The van der Waals surface area contributed by atoms with Gasteiger partial charge in [0.25, 0.3) is 0 Å². The van der Waals surface area contributed by atoms with E-state index < -0.39 is 0 Å². The first-order valence-corrected chi connectivity index (χ1v) is 7.39. The molecule has 0 bridgehead atoms. The van der Waals surface area contributed by atoms with E-state index in [-0.39, 0.29) is 5.82 Å². The van der Waals surface area contributed by atoms with Crippen LogP contribution in [0.15, 0.2) is 18.2 Å².